The molecule has 0 bridgehead atoms. The Bertz CT molecular complexity index is 442. The van der Waals surface area contributed by atoms with Gasteiger partial charge in [0.1, 0.15) is 0 Å². The van der Waals surface area contributed by atoms with E-state index in [2.05, 4.69) is 34.5 Å². The molecular formula is C15H20N2O. The van der Waals surface area contributed by atoms with Crippen molar-refractivity contribution in [3.05, 3.63) is 35.4 Å². The van der Waals surface area contributed by atoms with Crippen molar-refractivity contribution in [2.45, 2.75) is 12.0 Å². The third-order valence-electron chi connectivity index (χ3n) is 4.82. The number of ether oxygens (including phenoxy) is 1. The molecule has 0 spiro atoms. The Balaban J connectivity index is 1.72. The van der Waals surface area contributed by atoms with Crippen molar-refractivity contribution in [1.29, 1.82) is 0 Å². The second-order valence-corrected chi connectivity index (χ2v) is 5.65. The van der Waals surface area contributed by atoms with Gasteiger partial charge < -0.3 is 10.1 Å². The maximum absolute atomic E-state index is 5.50. The van der Waals surface area contributed by atoms with Crippen LogP contribution in [0.5, 0.6) is 0 Å². The first kappa shape index (κ1) is 11.0. The third-order valence-corrected chi connectivity index (χ3v) is 4.82. The number of hydrogen-bond acceptors (Lipinski definition) is 3. The summed E-state index contributed by atoms with van der Waals surface area (Å²) < 4.78 is 5.50. The first-order valence-corrected chi connectivity index (χ1v) is 7.06. The molecule has 3 nitrogen and oxygen atoms in total. The van der Waals surface area contributed by atoms with E-state index in [1.165, 1.54) is 6.54 Å². The molecule has 3 aliphatic rings. The summed E-state index contributed by atoms with van der Waals surface area (Å²) in [6, 6.07) is 9.68. The van der Waals surface area contributed by atoms with Crippen LogP contribution in [-0.2, 0) is 4.74 Å². The van der Waals surface area contributed by atoms with E-state index in [9.17, 15) is 0 Å². The van der Waals surface area contributed by atoms with Crippen LogP contribution < -0.4 is 5.32 Å². The second-order valence-electron chi connectivity index (χ2n) is 5.65. The summed E-state index contributed by atoms with van der Waals surface area (Å²) in [5.41, 5.74) is 3.17. The highest BCUT2D eigenvalue weighted by Crippen LogP contribution is 2.49. The molecule has 1 aliphatic carbocycles. The summed E-state index contributed by atoms with van der Waals surface area (Å²) in [6.07, 6.45) is 0. The van der Waals surface area contributed by atoms with E-state index in [1.807, 2.05) is 0 Å². The van der Waals surface area contributed by atoms with Crippen LogP contribution in [0.1, 0.15) is 23.1 Å². The minimum Gasteiger partial charge on any atom is -0.379 e. The predicted molar refractivity (Wildman–Crippen MR) is 70.7 cm³/mol. The van der Waals surface area contributed by atoms with Gasteiger partial charge in [0, 0.05) is 38.1 Å². The van der Waals surface area contributed by atoms with Gasteiger partial charge in [-0.2, -0.15) is 0 Å². The monoisotopic (exact) mass is 244 g/mol. The number of fused-ring (bicyclic) bond motifs is 3. The Labute approximate surface area is 108 Å². The fourth-order valence-electron chi connectivity index (χ4n) is 4.04. The Kier molecular flexibility index (Phi) is 2.64. The van der Waals surface area contributed by atoms with Crippen molar-refractivity contribution < 1.29 is 4.74 Å². The van der Waals surface area contributed by atoms with Crippen LogP contribution >= 0.6 is 0 Å². The van der Waals surface area contributed by atoms with Crippen LogP contribution in [0.3, 0.4) is 0 Å². The zero-order chi connectivity index (χ0) is 11.9. The van der Waals surface area contributed by atoms with Gasteiger partial charge in [0.05, 0.1) is 13.2 Å². The van der Waals surface area contributed by atoms with Gasteiger partial charge >= 0.3 is 0 Å². The Hall–Kier alpha value is -0.900. The first-order valence-electron chi connectivity index (χ1n) is 7.06. The standard InChI is InChI=1S/C15H20N2O/c1-2-4-12-11(3-1)13-9-16-10-14(13)15(12)17-5-7-18-8-6-17/h1-4,13-16H,5-10H2/t13-,14-,15-/m0/s1. The maximum atomic E-state index is 5.50. The summed E-state index contributed by atoms with van der Waals surface area (Å²) in [4.78, 5) is 2.64. The van der Waals surface area contributed by atoms with Gasteiger partial charge in [-0.15, -0.1) is 0 Å². The highest BCUT2D eigenvalue weighted by molar-refractivity contribution is 5.41. The van der Waals surface area contributed by atoms with Crippen LogP contribution in [0, 0.1) is 5.92 Å². The van der Waals surface area contributed by atoms with Crippen molar-refractivity contribution >= 4 is 0 Å². The molecule has 2 aliphatic heterocycles. The third kappa shape index (κ3) is 1.54. The zero-order valence-electron chi connectivity index (χ0n) is 10.6. The fourth-order valence-corrected chi connectivity index (χ4v) is 4.04. The molecule has 0 radical (unpaired) electrons. The van der Waals surface area contributed by atoms with Crippen molar-refractivity contribution in [2.75, 3.05) is 39.4 Å². The Morgan fingerprint density at radius 2 is 1.83 bits per heavy atom. The maximum Gasteiger partial charge on any atom is 0.0594 e. The summed E-state index contributed by atoms with van der Waals surface area (Å²) in [5, 5.41) is 3.58. The highest BCUT2D eigenvalue weighted by atomic mass is 16.5. The molecule has 3 heteroatoms. The highest BCUT2D eigenvalue weighted by Gasteiger charge is 2.45. The lowest BCUT2D eigenvalue weighted by Crippen LogP contribution is -2.41. The van der Waals surface area contributed by atoms with E-state index < -0.39 is 0 Å². The van der Waals surface area contributed by atoms with Gasteiger partial charge in [0.15, 0.2) is 0 Å². The number of benzene rings is 1. The summed E-state index contributed by atoms with van der Waals surface area (Å²) in [6.45, 7) is 6.28. The minimum atomic E-state index is 0.616. The smallest absolute Gasteiger partial charge is 0.0594 e. The molecule has 0 amide bonds. The van der Waals surface area contributed by atoms with Crippen LogP contribution in [-0.4, -0.2) is 44.3 Å². The van der Waals surface area contributed by atoms with E-state index in [-0.39, 0.29) is 0 Å². The van der Waals surface area contributed by atoms with E-state index in [1.54, 1.807) is 11.1 Å². The SMILES string of the molecule is c1ccc2c(c1)[C@@H]1CNC[C@@H]1[C@H]2N1CCOCC1. The molecule has 0 aromatic heterocycles. The van der Waals surface area contributed by atoms with Gasteiger partial charge in [-0.25, -0.2) is 0 Å². The van der Waals surface area contributed by atoms with Gasteiger partial charge in [-0.05, 0) is 17.0 Å². The second kappa shape index (κ2) is 4.34. The average Bonchev–Trinajstić information content (AvgIpc) is 2.99. The molecule has 18 heavy (non-hydrogen) atoms. The first-order chi connectivity index (χ1) is 8.95. The quantitative estimate of drug-likeness (QED) is 0.807. The summed E-state index contributed by atoms with van der Waals surface area (Å²) in [7, 11) is 0. The lowest BCUT2D eigenvalue weighted by molar-refractivity contribution is 0.00591. The summed E-state index contributed by atoms with van der Waals surface area (Å²) >= 11 is 0. The molecule has 0 unspecified atom stereocenters. The van der Waals surface area contributed by atoms with Gasteiger partial charge in [0.25, 0.3) is 0 Å². The molecule has 1 N–H and O–H groups in total. The lowest BCUT2D eigenvalue weighted by atomic mass is 9.93. The number of nitrogens with one attached hydrogen (secondary N) is 1. The molecule has 0 saturated carbocycles. The van der Waals surface area contributed by atoms with Crippen molar-refractivity contribution in [1.82, 2.24) is 10.2 Å². The Morgan fingerprint density at radius 1 is 1.06 bits per heavy atom. The molecule has 1 aromatic carbocycles. The van der Waals surface area contributed by atoms with Crippen molar-refractivity contribution in [3.63, 3.8) is 0 Å². The van der Waals surface area contributed by atoms with Crippen LogP contribution in [0.25, 0.3) is 0 Å². The molecule has 2 saturated heterocycles. The van der Waals surface area contributed by atoms with Gasteiger partial charge in [-0.1, -0.05) is 24.3 Å². The predicted octanol–water partition coefficient (Wildman–Crippen LogP) is 1.38. The largest absolute Gasteiger partial charge is 0.379 e. The molecule has 2 fully saturated rings. The topological polar surface area (TPSA) is 24.5 Å². The van der Waals surface area contributed by atoms with Gasteiger partial charge in [0.2, 0.25) is 0 Å². The van der Waals surface area contributed by atoms with Gasteiger partial charge in [-0.3, -0.25) is 4.90 Å². The molecule has 96 valence electrons. The number of hydrogen-bond donors (Lipinski definition) is 1. The van der Waals surface area contributed by atoms with Crippen LogP contribution in [0.15, 0.2) is 24.3 Å². The normalized spacial score (nSPS) is 35.4. The van der Waals surface area contributed by atoms with E-state index in [0.717, 1.165) is 44.7 Å². The van der Waals surface area contributed by atoms with Crippen LogP contribution in [0.4, 0.5) is 0 Å². The zero-order valence-corrected chi connectivity index (χ0v) is 10.6. The fraction of sp³-hybridized carbons (Fsp3) is 0.600. The summed E-state index contributed by atoms with van der Waals surface area (Å²) in [5.74, 6) is 1.49. The van der Waals surface area contributed by atoms with Crippen molar-refractivity contribution in [3.8, 4) is 0 Å². The molecule has 3 atom stereocenters. The lowest BCUT2D eigenvalue weighted by Gasteiger charge is -2.35. The molecule has 4 rings (SSSR count). The number of nitrogens with zero attached hydrogens (tertiary/aromatic N) is 1. The molecular weight excluding hydrogens is 224 g/mol. The number of rotatable bonds is 1. The van der Waals surface area contributed by atoms with E-state index >= 15 is 0 Å². The van der Waals surface area contributed by atoms with E-state index in [4.69, 9.17) is 4.74 Å². The molecule has 1 aromatic rings. The Morgan fingerprint density at radius 3 is 2.67 bits per heavy atom. The minimum absolute atomic E-state index is 0.616. The average molecular weight is 244 g/mol. The van der Waals surface area contributed by atoms with Crippen LogP contribution in [0.2, 0.25) is 0 Å². The molecule has 2 heterocycles. The number of morpholine rings is 1. The van der Waals surface area contributed by atoms with Crippen molar-refractivity contribution in [2.24, 2.45) is 5.92 Å². The van der Waals surface area contributed by atoms with E-state index in [0.29, 0.717) is 6.04 Å².